The molecular weight excluding hydrogens is 338 g/mol. The van der Waals surface area contributed by atoms with Gasteiger partial charge in [-0.3, -0.25) is 4.79 Å². The number of ether oxygens (including phenoxy) is 1. The fourth-order valence-corrected chi connectivity index (χ4v) is 2.65. The van der Waals surface area contributed by atoms with E-state index < -0.39 is 0 Å². The molecule has 0 atom stereocenters. The molecule has 0 fully saturated rings. The van der Waals surface area contributed by atoms with Gasteiger partial charge in [-0.15, -0.1) is 0 Å². The summed E-state index contributed by atoms with van der Waals surface area (Å²) in [5.74, 6) is 1.12. The predicted octanol–water partition coefficient (Wildman–Crippen LogP) is 4.57. The summed E-state index contributed by atoms with van der Waals surface area (Å²) in [5.41, 5.74) is 4.58. The SMILES string of the molecule is COc1ccc(C)cc1NC(=O)c1ccc(NCc2ccc(C)cc2)nc1. The second-order valence-corrected chi connectivity index (χ2v) is 6.43. The molecule has 0 aliphatic carbocycles. The standard InChI is InChI=1S/C22H23N3O2/c1-15-4-7-17(8-5-15)13-23-21-11-9-18(14-24-21)22(26)25-19-12-16(2)6-10-20(19)27-3/h4-12,14H,13H2,1-3H3,(H,23,24)(H,25,26). The maximum atomic E-state index is 12.5. The average Bonchev–Trinajstić information content (AvgIpc) is 2.68. The molecule has 0 saturated heterocycles. The van der Waals surface area contributed by atoms with Gasteiger partial charge in [0, 0.05) is 12.7 Å². The molecule has 0 saturated carbocycles. The lowest BCUT2D eigenvalue weighted by molar-refractivity contribution is 0.102. The summed E-state index contributed by atoms with van der Waals surface area (Å²) in [5, 5.41) is 6.14. The Morgan fingerprint density at radius 2 is 1.74 bits per heavy atom. The summed E-state index contributed by atoms with van der Waals surface area (Å²) in [4.78, 5) is 16.8. The summed E-state index contributed by atoms with van der Waals surface area (Å²) < 4.78 is 5.30. The first kappa shape index (κ1) is 18.5. The molecule has 27 heavy (non-hydrogen) atoms. The van der Waals surface area contributed by atoms with Gasteiger partial charge in [0.25, 0.3) is 5.91 Å². The first-order valence-corrected chi connectivity index (χ1v) is 8.76. The smallest absolute Gasteiger partial charge is 0.257 e. The summed E-state index contributed by atoms with van der Waals surface area (Å²) >= 11 is 0. The molecule has 138 valence electrons. The molecule has 3 aromatic rings. The van der Waals surface area contributed by atoms with Crippen LogP contribution in [0.4, 0.5) is 11.5 Å². The largest absolute Gasteiger partial charge is 0.495 e. The van der Waals surface area contributed by atoms with Crippen molar-refractivity contribution in [2.75, 3.05) is 17.7 Å². The van der Waals surface area contributed by atoms with Gasteiger partial charge >= 0.3 is 0 Å². The van der Waals surface area contributed by atoms with Gasteiger partial charge < -0.3 is 15.4 Å². The molecule has 5 heteroatoms. The molecule has 2 aromatic carbocycles. The molecule has 0 radical (unpaired) electrons. The van der Waals surface area contributed by atoms with Crippen LogP contribution in [0.2, 0.25) is 0 Å². The lowest BCUT2D eigenvalue weighted by Crippen LogP contribution is -2.13. The molecule has 0 bridgehead atoms. The lowest BCUT2D eigenvalue weighted by atomic mass is 10.1. The fourth-order valence-electron chi connectivity index (χ4n) is 2.65. The van der Waals surface area contributed by atoms with Crippen molar-refractivity contribution in [3.8, 4) is 5.75 Å². The van der Waals surface area contributed by atoms with E-state index in [0.717, 1.165) is 11.4 Å². The molecule has 0 aliphatic heterocycles. The zero-order valence-electron chi connectivity index (χ0n) is 15.7. The Balaban J connectivity index is 1.63. The molecule has 1 heterocycles. The van der Waals surface area contributed by atoms with Crippen molar-refractivity contribution in [1.29, 1.82) is 0 Å². The second kappa shape index (κ2) is 8.36. The van der Waals surface area contributed by atoms with Gasteiger partial charge in [-0.2, -0.15) is 0 Å². The highest BCUT2D eigenvalue weighted by Gasteiger charge is 2.10. The van der Waals surface area contributed by atoms with Crippen molar-refractivity contribution in [2.45, 2.75) is 20.4 Å². The van der Waals surface area contributed by atoms with Crippen molar-refractivity contribution in [3.05, 3.63) is 83.0 Å². The summed E-state index contributed by atoms with van der Waals surface area (Å²) in [6.45, 7) is 4.71. The molecule has 5 nitrogen and oxygen atoms in total. The molecule has 1 amide bonds. The molecule has 0 spiro atoms. The number of carbonyl (C=O) groups excluding carboxylic acids is 1. The van der Waals surface area contributed by atoms with Gasteiger partial charge in [0.1, 0.15) is 11.6 Å². The Kier molecular flexibility index (Phi) is 5.71. The summed E-state index contributed by atoms with van der Waals surface area (Å²) in [6.07, 6.45) is 1.56. The number of pyridine rings is 1. The van der Waals surface area contributed by atoms with Gasteiger partial charge in [-0.25, -0.2) is 4.98 Å². The Morgan fingerprint density at radius 1 is 1.00 bits per heavy atom. The summed E-state index contributed by atoms with van der Waals surface area (Å²) in [7, 11) is 1.58. The highest BCUT2D eigenvalue weighted by atomic mass is 16.5. The monoisotopic (exact) mass is 361 g/mol. The van der Waals surface area contributed by atoms with Crippen molar-refractivity contribution in [1.82, 2.24) is 4.98 Å². The minimum Gasteiger partial charge on any atom is -0.495 e. The van der Waals surface area contributed by atoms with E-state index >= 15 is 0 Å². The van der Waals surface area contributed by atoms with E-state index in [9.17, 15) is 4.79 Å². The van der Waals surface area contributed by atoms with E-state index in [-0.39, 0.29) is 5.91 Å². The number of hydrogen-bond acceptors (Lipinski definition) is 4. The predicted molar refractivity (Wildman–Crippen MR) is 108 cm³/mol. The molecule has 0 aliphatic rings. The minimum atomic E-state index is -0.225. The van der Waals surface area contributed by atoms with Crippen LogP contribution in [0, 0.1) is 13.8 Å². The van der Waals surface area contributed by atoms with Crippen LogP contribution < -0.4 is 15.4 Å². The van der Waals surface area contributed by atoms with E-state index in [0.29, 0.717) is 23.5 Å². The second-order valence-electron chi connectivity index (χ2n) is 6.43. The number of nitrogens with one attached hydrogen (secondary N) is 2. The van der Waals surface area contributed by atoms with Crippen LogP contribution >= 0.6 is 0 Å². The van der Waals surface area contributed by atoms with Gasteiger partial charge in [0.2, 0.25) is 0 Å². The third kappa shape index (κ3) is 4.85. The Morgan fingerprint density at radius 3 is 2.41 bits per heavy atom. The van der Waals surface area contributed by atoms with Crippen molar-refractivity contribution in [3.63, 3.8) is 0 Å². The number of nitrogens with zero attached hydrogens (tertiary/aromatic N) is 1. The number of hydrogen-bond donors (Lipinski definition) is 2. The van der Waals surface area contributed by atoms with Crippen LogP contribution in [0.25, 0.3) is 0 Å². The normalized spacial score (nSPS) is 10.3. The van der Waals surface area contributed by atoms with Gasteiger partial charge in [0.15, 0.2) is 0 Å². The van der Waals surface area contributed by atoms with E-state index in [1.165, 1.54) is 11.1 Å². The maximum Gasteiger partial charge on any atom is 0.257 e. The van der Waals surface area contributed by atoms with Crippen LogP contribution in [0.1, 0.15) is 27.0 Å². The molecule has 1 aromatic heterocycles. The van der Waals surface area contributed by atoms with E-state index in [2.05, 4.69) is 46.8 Å². The van der Waals surface area contributed by atoms with Crippen LogP contribution in [0.5, 0.6) is 5.75 Å². The van der Waals surface area contributed by atoms with Gasteiger partial charge in [-0.1, -0.05) is 35.9 Å². The highest BCUT2D eigenvalue weighted by Crippen LogP contribution is 2.25. The molecule has 0 unspecified atom stereocenters. The number of aromatic nitrogens is 1. The van der Waals surface area contributed by atoms with Gasteiger partial charge in [0.05, 0.1) is 18.4 Å². The van der Waals surface area contributed by atoms with Crippen LogP contribution in [0.15, 0.2) is 60.8 Å². The first-order valence-electron chi connectivity index (χ1n) is 8.76. The number of methoxy groups -OCH3 is 1. The Hall–Kier alpha value is -3.34. The topological polar surface area (TPSA) is 63.2 Å². The fraction of sp³-hybridized carbons (Fsp3) is 0.182. The van der Waals surface area contributed by atoms with Crippen LogP contribution in [-0.2, 0) is 6.54 Å². The summed E-state index contributed by atoms with van der Waals surface area (Å²) in [6, 6.07) is 17.5. The molecule has 2 N–H and O–H groups in total. The number of amides is 1. The van der Waals surface area contributed by atoms with E-state index in [1.807, 2.05) is 25.1 Å². The average molecular weight is 361 g/mol. The van der Waals surface area contributed by atoms with Crippen molar-refractivity contribution < 1.29 is 9.53 Å². The van der Waals surface area contributed by atoms with E-state index in [4.69, 9.17) is 4.74 Å². The number of anilines is 2. The first-order chi connectivity index (χ1) is 13.0. The Bertz CT molecular complexity index is 919. The third-order valence-corrected chi connectivity index (χ3v) is 4.22. The quantitative estimate of drug-likeness (QED) is 0.675. The van der Waals surface area contributed by atoms with Gasteiger partial charge in [-0.05, 0) is 49.2 Å². The highest BCUT2D eigenvalue weighted by molar-refractivity contribution is 6.05. The van der Waals surface area contributed by atoms with Crippen LogP contribution in [-0.4, -0.2) is 18.0 Å². The Labute approximate surface area is 159 Å². The zero-order chi connectivity index (χ0) is 19.2. The molecule has 3 rings (SSSR count). The number of carbonyl (C=O) groups is 1. The minimum absolute atomic E-state index is 0.225. The number of rotatable bonds is 6. The molecular formula is C22H23N3O2. The maximum absolute atomic E-state index is 12.5. The zero-order valence-corrected chi connectivity index (χ0v) is 15.7. The lowest BCUT2D eigenvalue weighted by Gasteiger charge is -2.11. The van der Waals surface area contributed by atoms with E-state index in [1.54, 1.807) is 25.4 Å². The number of aryl methyl sites for hydroxylation is 2. The van der Waals surface area contributed by atoms with Crippen LogP contribution in [0.3, 0.4) is 0 Å². The third-order valence-electron chi connectivity index (χ3n) is 4.22. The van der Waals surface area contributed by atoms with Crippen molar-refractivity contribution >= 4 is 17.4 Å². The van der Waals surface area contributed by atoms with Crippen molar-refractivity contribution in [2.24, 2.45) is 0 Å². The number of benzene rings is 2.